The predicted octanol–water partition coefficient (Wildman–Crippen LogP) is 4.56. The van der Waals surface area contributed by atoms with Crippen molar-refractivity contribution in [2.75, 3.05) is 0 Å². The fraction of sp³-hybridized carbons (Fsp3) is 0.611. The van der Waals surface area contributed by atoms with Crippen LogP contribution in [0.3, 0.4) is 0 Å². The monoisotopic (exact) mass is 290 g/mol. The minimum Gasteiger partial charge on any atom is -0.481 e. The molecule has 1 aromatic carbocycles. The van der Waals surface area contributed by atoms with Crippen molar-refractivity contribution >= 4 is 5.91 Å². The Morgan fingerprint density at radius 1 is 1.05 bits per heavy atom. The fourth-order valence-electron chi connectivity index (χ4n) is 2.30. The molecule has 0 saturated carbocycles. The summed E-state index contributed by atoms with van der Waals surface area (Å²) in [7, 11) is 0. The number of nitrogens with one attached hydrogen (secondary N) is 1. The van der Waals surface area contributed by atoms with Crippen LogP contribution in [0.15, 0.2) is 24.3 Å². The molecule has 117 valence electrons. The zero-order valence-electron chi connectivity index (χ0n) is 13.4. The van der Waals surface area contributed by atoms with E-state index in [4.69, 9.17) is 10.5 Å². The van der Waals surface area contributed by atoms with Crippen LogP contribution in [-0.4, -0.2) is 12.0 Å². The van der Waals surface area contributed by atoms with Crippen LogP contribution in [0, 0.1) is 0 Å². The van der Waals surface area contributed by atoms with Crippen molar-refractivity contribution in [3.8, 4) is 5.75 Å². The highest BCUT2D eigenvalue weighted by molar-refractivity contribution is 5.78. The largest absolute Gasteiger partial charge is 0.481 e. The molecule has 0 fully saturated rings. The molecule has 0 spiro atoms. The summed E-state index contributed by atoms with van der Waals surface area (Å²) >= 11 is 0. The number of hydrogen-bond donors (Lipinski definition) is 0. The maximum absolute atomic E-state index is 11.3. The van der Waals surface area contributed by atoms with Crippen molar-refractivity contribution in [3.63, 3.8) is 0 Å². The van der Waals surface area contributed by atoms with Crippen LogP contribution in [0.5, 0.6) is 5.75 Å². The van der Waals surface area contributed by atoms with Crippen LogP contribution < -0.4 is 10.5 Å². The van der Waals surface area contributed by atoms with E-state index in [1.54, 1.807) is 0 Å². The van der Waals surface area contributed by atoms with Gasteiger partial charge in [0.2, 0.25) is 0 Å². The second kappa shape index (κ2) is 10.3. The van der Waals surface area contributed by atoms with E-state index >= 15 is 0 Å². The van der Waals surface area contributed by atoms with Gasteiger partial charge in [-0.3, -0.25) is 10.5 Å². The van der Waals surface area contributed by atoms with Gasteiger partial charge in [-0.2, -0.15) is 0 Å². The Morgan fingerprint density at radius 2 is 1.67 bits per heavy atom. The van der Waals surface area contributed by atoms with Gasteiger partial charge in [-0.25, -0.2) is 0 Å². The van der Waals surface area contributed by atoms with Gasteiger partial charge < -0.3 is 4.74 Å². The lowest BCUT2D eigenvalue weighted by Gasteiger charge is -2.15. The molecule has 0 bridgehead atoms. The lowest BCUT2D eigenvalue weighted by Crippen LogP contribution is -2.28. The summed E-state index contributed by atoms with van der Waals surface area (Å²) in [5.41, 5.74) is 8.61. The molecule has 1 radical (unpaired) electrons. The lowest BCUT2D eigenvalue weighted by molar-refractivity contribution is -0.125. The van der Waals surface area contributed by atoms with E-state index < -0.39 is 12.0 Å². The minimum absolute atomic E-state index is 0.623. The summed E-state index contributed by atoms with van der Waals surface area (Å²) in [5, 5.41) is 0. The topological polar surface area (TPSA) is 50.1 Å². The Labute approximate surface area is 128 Å². The van der Waals surface area contributed by atoms with Crippen LogP contribution in [0.1, 0.15) is 64.4 Å². The zero-order chi connectivity index (χ0) is 15.5. The maximum atomic E-state index is 11.3. The van der Waals surface area contributed by atoms with Gasteiger partial charge in [-0.05, 0) is 43.4 Å². The van der Waals surface area contributed by atoms with Gasteiger partial charge in [0.1, 0.15) is 5.75 Å². The van der Waals surface area contributed by atoms with Gasteiger partial charge in [0.05, 0.1) is 0 Å². The first-order valence-electron chi connectivity index (χ1n) is 8.18. The number of carbonyl (C=O) groups is 1. The van der Waals surface area contributed by atoms with Crippen molar-refractivity contribution in [1.82, 2.24) is 5.73 Å². The van der Waals surface area contributed by atoms with Gasteiger partial charge in [0.25, 0.3) is 5.91 Å². The molecular formula is C18H28NO2. The number of ether oxygens (including phenoxy) is 1. The van der Waals surface area contributed by atoms with Crippen molar-refractivity contribution < 1.29 is 9.53 Å². The third-order valence-electron chi connectivity index (χ3n) is 3.63. The van der Waals surface area contributed by atoms with Gasteiger partial charge in [-0.15, -0.1) is 0 Å². The molecule has 21 heavy (non-hydrogen) atoms. The van der Waals surface area contributed by atoms with E-state index in [-0.39, 0.29) is 0 Å². The summed E-state index contributed by atoms with van der Waals surface area (Å²) in [6, 6.07) is 7.94. The highest BCUT2D eigenvalue weighted by Crippen LogP contribution is 2.18. The van der Waals surface area contributed by atoms with E-state index in [9.17, 15) is 4.79 Å². The van der Waals surface area contributed by atoms with Crippen molar-refractivity contribution in [1.29, 1.82) is 0 Å². The molecular weight excluding hydrogens is 262 g/mol. The molecule has 1 atom stereocenters. The minimum atomic E-state index is -0.627. The predicted molar refractivity (Wildman–Crippen MR) is 86.3 cm³/mol. The molecule has 1 aromatic rings. The number of benzene rings is 1. The summed E-state index contributed by atoms with van der Waals surface area (Å²) in [4.78, 5) is 11.3. The Hall–Kier alpha value is -1.51. The second-order valence-electron chi connectivity index (χ2n) is 5.57. The van der Waals surface area contributed by atoms with E-state index in [0.717, 1.165) is 25.7 Å². The lowest BCUT2D eigenvalue weighted by atomic mass is 10.1. The summed E-state index contributed by atoms with van der Waals surface area (Å²) in [6.45, 7) is 4.32. The molecule has 1 rings (SSSR count). The van der Waals surface area contributed by atoms with Gasteiger partial charge >= 0.3 is 0 Å². The van der Waals surface area contributed by atoms with Crippen LogP contribution in [0.4, 0.5) is 0 Å². The molecule has 0 aliphatic carbocycles. The average molecular weight is 290 g/mol. The molecule has 3 heteroatoms. The van der Waals surface area contributed by atoms with Crippen LogP contribution in [-0.2, 0) is 11.2 Å². The number of rotatable bonds is 11. The van der Waals surface area contributed by atoms with Gasteiger partial charge in [0, 0.05) is 0 Å². The molecule has 0 aliphatic rings. The zero-order valence-corrected chi connectivity index (χ0v) is 13.4. The fourth-order valence-corrected chi connectivity index (χ4v) is 2.30. The van der Waals surface area contributed by atoms with Gasteiger partial charge in [-0.1, -0.05) is 51.7 Å². The third kappa shape index (κ3) is 7.16. The number of unbranched alkanes of at least 4 members (excludes halogenated alkanes) is 4. The van der Waals surface area contributed by atoms with Crippen LogP contribution in [0.2, 0.25) is 0 Å². The molecule has 0 aliphatic heterocycles. The molecule has 0 aromatic heterocycles. The molecule has 3 nitrogen and oxygen atoms in total. The number of aryl methyl sites for hydroxylation is 1. The summed E-state index contributed by atoms with van der Waals surface area (Å²) in [6.07, 6.45) is 7.90. The summed E-state index contributed by atoms with van der Waals surface area (Å²) in [5.74, 6) is 0.0643. The highest BCUT2D eigenvalue weighted by Gasteiger charge is 2.17. The Kier molecular flexibility index (Phi) is 8.56. The van der Waals surface area contributed by atoms with Gasteiger partial charge in [0.15, 0.2) is 6.10 Å². The van der Waals surface area contributed by atoms with E-state index in [1.807, 2.05) is 12.1 Å². The van der Waals surface area contributed by atoms with Crippen LogP contribution in [0.25, 0.3) is 0 Å². The standard InChI is InChI=1S/C18H28NO2/c1-3-5-7-9-15-11-13-16(14-12-15)21-17(18(19)20)10-8-6-4-2/h11-14,17,19H,3-10H2,1-2H3. The first kappa shape index (κ1) is 17.5. The van der Waals surface area contributed by atoms with E-state index in [0.29, 0.717) is 12.2 Å². The molecule has 1 amide bonds. The quantitative estimate of drug-likeness (QED) is 0.561. The van der Waals surface area contributed by atoms with E-state index in [2.05, 4.69) is 26.0 Å². The van der Waals surface area contributed by atoms with Crippen molar-refractivity contribution in [3.05, 3.63) is 29.8 Å². The van der Waals surface area contributed by atoms with E-state index in [1.165, 1.54) is 24.8 Å². The first-order chi connectivity index (χ1) is 10.2. The first-order valence-corrected chi connectivity index (χ1v) is 8.18. The molecule has 0 saturated heterocycles. The molecule has 1 N–H and O–H groups in total. The average Bonchev–Trinajstić information content (AvgIpc) is 2.48. The second-order valence-corrected chi connectivity index (χ2v) is 5.57. The smallest absolute Gasteiger partial charge is 0.279 e. The number of carbonyl (C=O) groups excluding carboxylic acids is 1. The Balaban J connectivity index is 2.49. The summed E-state index contributed by atoms with van der Waals surface area (Å²) < 4.78 is 5.67. The maximum Gasteiger partial charge on any atom is 0.279 e. The van der Waals surface area contributed by atoms with Crippen molar-refractivity contribution in [2.24, 2.45) is 0 Å². The Bertz CT molecular complexity index is 400. The normalized spacial score (nSPS) is 12.1. The highest BCUT2D eigenvalue weighted by atomic mass is 16.5. The van der Waals surface area contributed by atoms with Crippen LogP contribution >= 0.6 is 0 Å². The number of hydrogen-bond acceptors (Lipinski definition) is 2. The third-order valence-corrected chi connectivity index (χ3v) is 3.63. The number of amides is 1. The Morgan fingerprint density at radius 3 is 2.24 bits per heavy atom. The SMILES string of the molecule is CCCCCc1ccc(OC(CCCCC)C([NH])=O)cc1. The van der Waals surface area contributed by atoms with Crippen molar-refractivity contribution in [2.45, 2.75) is 71.3 Å². The molecule has 1 unspecified atom stereocenters. The molecule has 0 heterocycles.